The third kappa shape index (κ3) is 7.05. The number of rotatable bonds is 5. The third-order valence-electron chi connectivity index (χ3n) is 6.87. The summed E-state index contributed by atoms with van der Waals surface area (Å²) in [7, 11) is -3.61. The maximum absolute atomic E-state index is 11.9. The van der Waals surface area contributed by atoms with Crippen molar-refractivity contribution in [1.29, 1.82) is 0 Å². The number of benzene rings is 2. The van der Waals surface area contributed by atoms with Crippen molar-refractivity contribution in [3.63, 3.8) is 0 Å². The van der Waals surface area contributed by atoms with Crippen LogP contribution < -0.4 is 9.05 Å². The molecule has 0 saturated heterocycles. The molecular weight excluding hydrogens is 463 g/mol. The van der Waals surface area contributed by atoms with Gasteiger partial charge in [0.05, 0.1) is 0 Å². The molecule has 2 aromatic carbocycles. The molecule has 0 bridgehead atoms. The van der Waals surface area contributed by atoms with Crippen LogP contribution in [0.4, 0.5) is 0 Å². The average molecular weight is 517 g/mol. The van der Waals surface area contributed by atoms with Crippen molar-refractivity contribution in [2.45, 2.75) is 126 Å². The Labute approximate surface area is 222 Å². The standard InChI is InChI=1S/C32H53O3P/c1-16-36(33,34-27-21(2)17-23(29(4,5)6)19-25(27)31(10,11)12)35-28-22(3)18-24(30(7,8)9)20-26(28)32(13,14)15/h17-20,33,36H,16H2,1-15H3. The molecule has 0 radical (unpaired) electrons. The Morgan fingerprint density at radius 3 is 1.11 bits per heavy atom. The molecule has 36 heavy (non-hydrogen) atoms. The van der Waals surface area contributed by atoms with Crippen molar-refractivity contribution in [2.24, 2.45) is 0 Å². The van der Waals surface area contributed by atoms with Crippen LogP contribution in [0, 0.1) is 13.8 Å². The molecular formula is C32H53O3P. The van der Waals surface area contributed by atoms with Crippen LogP contribution in [0.3, 0.4) is 0 Å². The van der Waals surface area contributed by atoms with Gasteiger partial charge in [-0.05, 0) is 0 Å². The first-order valence-electron chi connectivity index (χ1n) is 13.4. The molecule has 0 unspecified atom stereocenters. The van der Waals surface area contributed by atoms with Crippen LogP contribution in [0.2, 0.25) is 0 Å². The van der Waals surface area contributed by atoms with Gasteiger partial charge in [0.1, 0.15) is 0 Å². The summed E-state index contributed by atoms with van der Waals surface area (Å²) in [6, 6.07) is 8.88. The molecule has 204 valence electrons. The Morgan fingerprint density at radius 2 is 0.889 bits per heavy atom. The average Bonchev–Trinajstić information content (AvgIpc) is 2.67. The molecule has 0 spiro atoms. The van der Waals surface area contributed by atoms with Crippen LogP contribution in [0.5, 0.6) is 11.5 Å². The Kier molecular flexibility index (Phi) is 8.48. The molecule has 0 heterocycles. The van der Waals surface area contributed by atoms with E-state index in [0.29, 0.717) is 6.16 Å². The van der Waals surface area contributed by atoms with E-state index in [2.05, 4.69) is 121 Å². The Hall–Kier alpha value is -1.57. The van der Waals surface area contributed by atoms with E-state index in [1.807, 2.05) is 6.92 Å². The molecule has 0 saturated carbocycles. The molecule has 4 heteroatoms. The van der Waals surface area contributed by atoms with E-state index in [1.54, 1.807) is 0 Å². The van der Waals surface area contributed by atoms with E-state index in [1.165, 1.54) is 11.1 Å². The quantitative estimate of drug-likeness (QED) is 0.402. The van der Waals surface area contributed by atoms with Gasteiger partial charge in [0.2, 0.25) is 0 Å². The van der Waals surface area contributed by atoms with E-state index in [0.717, 1.165) is 33.8 Å². The minimum atomic E-state index is -3.61. The molecule has 3 nitrogen and oxygen atoms in total. The van der Waals surface area contributed by atoms with Gasteiger partial charge in [0.25, 0.3) is 0 Å². The summed E-state index contributed by atoms with van der Waals surface area (Å²) in [5.41, 5.74) is 6.55. The topological polar surface area (TPSA) is 38.7 Å². The Bertz CT molecular complexity index is 1000. The second-order valence-electron chi connectivity index (χ2n) is 14.6. The summed E-state index contributed by atoms with van der Waals surface area (Å²) in [5, 5.41) is 0. The van der Waals surface area contributed by atoms with Gasteiger partial charge in [-0.15, -0.1) is 0 Å². The van der Waals surface area contributed by atoms with Gasteiger partial charge in [-0.2, -0.15) is 0 Å². The van der Waals surface area contributed by atoms with Crippen LogP contribution in [-0.2, 0) is 21.7 Å². The van der Waals surface area contributed by atoms with Gasteiger partial charge in [-0.25, -0.2) is 0 Å². The van der Waals surface area contributed by atoms with Gasteiger partial charge >= 0.3 is 223 Å². The predicted octanol–water partition coefficient (Wildman–Crippen LogP) is 9.46. The third-order valence-corrected chi connectivity index (χ3v) is 8.81. The van der Waals surface area contributed by atoms with Gasteiger partial charge in [-0.1, -0.05) is 0 Å². The zero-order chi connectivity index (χ0) is 28.1. The van der Waals surface area contributed by atoms with Crippen LogP contribution in [-0.4, -0.2) is 11.1 Å². The Balaban J connectivity index is 2.68. The molecule has 0 atom stereocenters. The fourth-order valence-corrected chi connectivity index (χ4v) is 5.79. The molecule has 0 fully saturated rings. The van der Waals surface area contributed by atoms with Crippen LogP contribution in [0.15, 0.2) is 24.3 Å². The van der Waals surface area contributed by atoms with E-state index in [-0.39, 0.29) is 21.7 Å². The molecule has 2 aromatic rings. The molecule has 0 aliphatic heterocycles. The van der Waals surface area contributed by atoms with Crippen LogP contribution in [0.25, 0.3) is 0 Å². The zero-order valence-corrected chi connectivity index (χ0v) is 26.8. The fourth-order valence-electron chi connectivity index (χ4n) is 4.28. The first kappa shape index (κ1) is 30.7. The monoisotopic (exact) mass is 516 g/mol. The number of hydrogen-bond donors (Lipinski definition) is 1. The van der Waals surface area contributed by atoms with E-state index < -0.39 is 7.94 Å². The molecule has 0 amide bonds. The Morgan fingerprint density at radius 1 is 0.583 bits per heavy atom. The van der Waals surface area contributed by atoms with Gasteiger partial charge in [-0.3, -0.25) is 0 Å². The van der Waals surface area contributed by atoms with Crippen LogP contribution >= 0.6 is 7.94 Å². The second-order valence-corrected chi connectivity index (χ2v) is 17.2. The number of hydrogen-bond acceptors (Lipinski definition) is 3. The SMILES string of the molecule is CC[PH](O)(Oc1c(C)cc(C(C)(C)C)cc1C(C)(C)C)Oc1c(C)cc(C(C)(C)C)cc1C(C)(C)C. The van der Waals surface area contributed by atoms with Crippen molar-refractivity contribution < 1.29 is 13.9 Å². The summed E-state index contributed by atoms with van der Waals surface area (Å²) in [4.78, 5) is 11.9. The number of aryl methyl sites for hydroxylation is 2. The fraction of sp³-hybridized carbons (Fsp3) is 0.625. The second kappa shape index (κ2) is 9.95. The van der Waals surface area contributed by atoms with E-state index in [9.17, 15) is 4.89 Å². The van der Waals surface area contributed by atoms with Gasteiger partial charge < -0.3 is 0 Å². The van der Waals surface area contributed by atoms with Crippen LogP contribution in [0.1, 0.15) is 123 Å². The van der Waals surface area contributed by atoms with Crippen molar-refractivity contribution in [2.75, 3.05) is 6.16 Å². The summed E-state index contributed by atoms with van der Waals surface area (Å²) in [5.74, 6) is 1.51. The maximum atomic E-state index is 11.9. The van der Waals surface area contributed by atoms with Crippen molar-refractivity contribution in [1.82, 2.24) is 0 Å². The molecule has 2 rings (SSSR count). The predicted molar refractivity (Wildman–Crippen MR) is 159 cm³/mol. The van der Waals surface area contributed by atoms with E-state index >= 15 is 0 Å². The molecule has 0 aliphatic carbocycles. The molecule has 0 aromatic heterocycles. The molecule has 1 N–H and O–H groups in total. The van der Waals surface area contributed by atoms with Crippen molar-refractivity contribution >= 4 is 7.94 Å². The normalized spacial score (nSPS) is 14.1. The first-order chi connectivity index (χ1) is 16.0. The van der Waals surface area contributed by atoms with Gasteiger partial charge in [0, 0.05) is 0 Å². The minimum absolute atomic E-state index is 0.0196. The van der Waals surface area contributed by atoms with Gasteiger partial charge in [0.15, 0.2) is 0 Å². The summed E-state index contributed by atoms with van der Waals surface area (Å²) in [6.45, 7) is 32.7. The van der Waals surface area contributed by atoms with E-state index in [4.69, 9.17) is 9.05 Å². The zero-order valence-electron chi connectivity index (χ0n) is 25.8. The van der Waals surface area contributed by atoms with Crippen molar-refractivity contribution in [3.8, 4) is 11.5 Å². The summed E-state index contributed by atoms with van der Waals surface area (Å²) in [6.07, 6.45) is 0.418. The van der Waals surface area contributed by atoms with Crippen molar-refractivity contribution in [3.05, 3.63) is 57.6 Å². The summed E-state index contributed by atoms with van der Waals surface area (Å²) >= 11 is 0. The first-order valence-corrected chi connectivity index (χ1v) is 15.4. The molecule has 0 aliphatic rings. The summed E-state index contributed by atoms with van der Waals surface area (Å²) < 4.78 is 13.2.